The van der Waals surface area contributed by atoms with Crippen LogP contribution in [0.1, 0.15) is 16.9 Å². The van der Waals surface area contributed by atoms with Crippen molar-refractivity contribution in [2.45, 2.75) is 19.3 Å². The Bertz CT molecular complexity index is 1050. The maximum absolute atomic E-state index is 5.30. The van der Waals surface area contributed by atoms with Gasteiger partial charge in [0, 0.05) is 10.4 Å². The number of hydrogen-bond acceptors (Lipinski definition) is 5. The highest BCUT2D eigenvalue weighted by molar-refractivity contribution is 7.19. The molecule has 6 heteroatoms. The highest BCUT2D eigenvalue weighted by Gasteiger charge is 2.22. The number of nitrogens with zero attached hydrogens (tertiary/aromatic N) is 4. The molecule has 3 aromatic heterocycles. The molecule has 0 bridgehead atoms. The molecule has 0 spiro atoms. The standard InChI is InChI=1S/C17H14N4OS/c1-22-11-5-2-4-10(8-11)15-19-16-14-12-6-3-7-13(12)23-17(14)18-9-21(16)20-15/h2,4-5,8-9H,3,6-7H2,1H3. The Hall–Kier alpha value is -2.47. The fourth-order valence-electron chi connectivity index (χ4n) is 3.28. The summed E-state index contributed by atoms with van der Waals surface area (Å²) in [5.74, 6) is 1.51. The second-order valence-corrected chi connectivity index (χ2v) is 6.80. The van der Waals surface area contributed by atoms with Crippen LogP contribution in [0, 0.1) is 0 Å². The lowest BCUT2D eigenvalue weighted by Gasteiger charge is -2.00. The van der Waals surface area contributed by atoms with Crippen LogP contribution in [-0.2, 0) is 12.8 Å². The van der Waals surface area contributed by atoms with E-state index in [1.165, 1.54) is 28.7 Å². The zero-order valence-corrected chi connectivity index (χ0v) is 13.4. The summed E-state index contributed by atoms with van der Waals surface area (Å²) in [5, 5.41) is 5.79. The smallest absolute Gasteiger partial charge is 0.182 e. The van der Waals surface area contributed by atoms with Gasteiger partial charge in [-0.15, -0.1) is 16.4 Å². The average Bonchev–Trinajstić information content (AvgIpc) is 3.27. The number of ether oxygens (including phenoxy) is 1. The molecule has 0 atom stereocenters. The Morgan fingerprint density at radius 1 is 1.26 bits per heavy atom. The summed E-state index contributed by atoms with van der Waals surface area (Å²) in [6, 6.07) is 7.83. The summed E-state index contributed by atoms with van der Waals surface area (Å²) in [4.78, 5) is 11.9. The number of benzene rings is 1. The molecule has 0 radical (unpaired) electrons. The Balaban J connectivity index is 1.77. The zero-order chi connectivity index (χ0) is 15.4. The molecule has 0 saturated carbocycles. The van der Waals surface area contributed by atoms with Gasteiger partial charge in [0.15, 0.2) is 11.5 Å². The fourth-order valence-corrected chi connectivity index (χ4v) is 4.50. The molecule has 1 aromatic carbocycles. The normalized spacial score (nSPS) is 13.8. The van der Waals surface area contributed by atoms with E-state index in [2.05, 4.69) is 10.1 Å². The average molecular weight is 322 g/mol. The molecule has 0 fully saturated rings. The molecule has 1 aliphatic carbocycles. The third-order valence-electron chi connectivity index (χ3n) is 4.37. The minimum atomic E-state index is 0.705. The van der Waals surface area contributed by atoms with Gasteiger partial charge in [-0.1, -0.05) is 12.1 Å². The topological polar surface area (TPSA) is 52.3 Å². The molecule has 1 aliphatic rings. The van der Waals surface area contributed by atoms with Crippen LogP contribution in [0.15, 0.2) is 30.6 Å². The Kier molecular flexibility index (Phi) is 2.69. The highest BCUT2D eigenvalue weighted by Crippen LogP contribution is 2.38. The third kappa shape index (κ3) is 1.88. The minimum Gasteiger partial charge on any atom is -0.497 e. The Morgan fingerprint density at radius 2 is 2.22 bits per heavy atom. The third-order valence-corrected chi connectivity index (χ3v) is 5.57. The van der Waals surface area contributed by atoms with Crippen LogP contribution < -0.4 is 4.74 Å². The van der Waals surface area contributed by atoms with E-state index in [0.29, 0.717) is 5.82 Å². The highest BCUT2D eigenvalue weighted by atomic mass is 32.1. The molecular weight excluding hydrogens is 308 g/mol. The van der Waals surface area contributed by atoms with Crippen LogP contribution in [0.2, 0.25) is 0 Å². The van der Waals surface area contributed by atoms with E-state index in [9.17, 15) is 0 Å². The largest absolute Gasteiger partial charge is 0.497 e. The summed E-state index contributed by atoms with van der Waals surface area (Å²) in [5.41, 5.74) is 3.29. The van der Waals surface area contributed by atoms with E-state index in [4.69, 9.17) is 9.72 Å². The number of hydrogen-bond donors (Lipinski definition) is 0. The number of methoxy groups -OCH3 is 1. The predicted molar refractivity (Wildman–Crippen MR) is 90.2 cm³/mol. The van der Waals surface area contributed by atoms with Crippen molar-refractivity contribution in [3.8, 4) is 17.1 Å². The van der Waals surface area contributed by atoms with Gasteiger partial charge in [-0.25, -0.2) is 14.5 Å². The molecular formula is C17H14N4OS. The molecule has 0 saturated heterocycles. The van der Waals surface area contributed by atoms with Crippen molar-refractivity contribution >= 4 is 27.2 Å². The zero-order valence-electron chi connectivity index (χ0n) is 12.6. The first-order chi connectivity index (χ1) is 11.3. The fraction of sp³-hybridized carbons (Fsp3) is 0.235. The van der Waals surface area contributed by atoms with E-state index >= 15 is 0 Å². The molecule has 0 unspecified atom stereocenters. The summed E-state index contributed by atoms with van der Waals surface area (Å²) < 4.78 is 7.09. The molecule has 5 rings (SSSR count). The van der Waals surface area contributed by atoms with Gasteiger partial charge >= 0.3 is 0 Å². The maximum atomic E-state index is 5.30. The molecule has 4 aromatic rings. The first-order valence-corrected chi connectivity index (χ1v) is 8.45. The van der Waals surface area contributed by atoms with Crippen LogP contribution in [-0.4, -0.2) is 26.7 Å². The van der Waals surface area contributed by atoms with Crippen molar-refractivity contribution in [2.24, 2.45) is 0 Å². The van der Waals surface area contributed by atoms with Gasteiger partial charge in [0.25, 0.3) is 0 Å². The van der Waals surface area contributed by atoms with Crippen LogP contribution in [0.5, 0.6) is 5.75 Å². The van der Waals surface area contributed by atoms with Crippen molar-refractivity contribution in [3.05, 3.63) is 41.0 Å². The van der Waals surface area contributed by atoms with Gasteiger partial charge in [-0.3, -0.25) is 0 Å². The summed E-state index contributed by atoms with van der Waals surface area (Å²) >= 11 is 1.80. The summed E-state index contributed by atoms with van der Waals surface area (Å²) in [7, 11) is 1.67. The van der Waals surface area contributed by atoms with E-state index in [1.807, 2.05) is 24.3 Å². The second-order valence-electron chi connectivity index (χ2n) is 5.72. The monoisotopic (exact) mass is 322 g/mol. The first-order valence-electron chi connectivity index (χ1n) is 7.63. The minimum absolute atomic E-state index is 0.705. The molecule has 114 valence electrons. The van der Waals surface area contributed by atoms with Gasteiger partial charge in [-0.2, -0.15) is 0 Å². The number of fused-ring (bicyclic) bond motifs is 5. The van der Waals surface area contributed by atoms with Crippen molar-refractivity contribution < 1.29 is 4.74 Å². The lowest BCUT2D eigenvalue weighted by Crippen LogP contribution is -1.90. The SMILES string of the molecule is COc1cccc(-c2nc3c4c5c(sc4ncn3n2)CCC5)c1. The lowest BCUT2D eigenvalue weighted by molar-refractivity contribution is 0.415. The molecule has 5 nitrogen and oxygen atoms in total. The molecule has 3 heterocycles. The van der Waals surface area contributed by atoms with E-state index in [1.54, 1.807) is 29.3 Å². The van der Waals surface area contributed by atoms with Crippen molar-refractivity contribution in [2.75, 3.05) is 7.11 Å². The molecule has 23 heavy (non-hydrogen) atoms. The van der Waals surface area contributed by atoms with E-state index < -0.39 is 0 Å². The Morgan fingerprint density at radius 3 is 3.13 bits per heavy atom. The second kappa shape index (κ2) is 4.76. The van der Waals surface area contributed by atoms with Crippen LogP contribution in [0.25, 0.3) is 27.3 Å². The van der Waals surface area contributed by atoms with Gasteiger partial charge < -0.3 is 4.74 Å². The van der Waals surface area contributed by atoms with E-state index in [0.717, 1.165) is 28.2 Å². The molecule has 0 N–H and O–H groups in total. The van der Waals surface area contributed by atoms with Gasteiger partial charge in [0.1, 0.15) is 16.9 Å². The van der Waals surface area contributed by atoms with Crippen LogP contribution >= 0.6 is 11.3 Å². The molecule has 0 aliphatic heterocycles. The van der Waals surface area contributed by atoms with Gasteiger partial charge in [0.05, 0.1) is 12.5 Å². The molecule has 0 amide bonds. The van der Waals surface area contributed by atoms with Crippen molar-refractivity contribution in [1.82, 2.24) is 19.6 Å². The lowest BCUT2D eigenvalue weighted by atomic mass is 10.2. The predicted octanol–water partition coefficient (Wildman–Crippen LogP) is 3.50. The van der Waals surface area contributed by atoms with Gasteiger partial charge in [-0.05, 0) is 37.0 Å². The maximum Gasteiger partial charge on any atom is 0.182 e. The van der Waals surface area contributed by atoms with Crippen LogP contribution in [0.3, 0.4) is 0 Å². The summed E-state index contributed by atoms with van der Waals surface area (Å²) in [6.45, 7) is 0. The van der Waals surface area contributed by atoms with Crippen LogP contribution in [0.4, 0.5) is 0 Å². The van der Waals surface area contributed by atoms with Crippen molar-refractivity contribution in [1.29, 1.82) is 0 Å². The number of thiophene rings is 1. The van der Waals surface area contributed by atoms with E-state index in [-0.39, 0.29) is 0 Å². The quantitative estimate of drug-likeness (QED) is 0.567. The number of aryl methyl sites for hydroxylation is 2. The number of aromatic nitrogens is 4. The first kappa shape index (κ1) is 13.0. The Labute approximate surface area is 136 Å². The number of rotatable bonds is 2. The van der Waals surface area contributed by atoms with Crippen molar-refractivity contribution in [3.63, 3.8) is 0 Å². The summed E-state index contributed by atoms with van der Waals surface area (Å²) in [6.07, 6.45) is 5.28. The van der Waals surface area contributed by atoms with Gasteiger partial charge in [0.2, 0.25) is 0 Å².